The van der Waals surface area contributed by atoms with Crippen LogP contribution in [0, 0.1) is 6.92 Å². The van der Waals surface area contributed by atoms with E-state index in [0.29, 0.717) is 29.1 Å². The molecule has 0 aromatic carbocycles. The zero-order valence-corrected chi connectivity index (χ0v) is 14.9. The summed E-state index contributed by atoms with van der Waals surface area (Å²) in [6.07, 6.45) is 3.39. The number of carbonyl (C=O) groups excluding carboxylic acids is 1. The Balaban J connectivity index is 1.44. The first kappa shape index (κ1) is 16.7. The van der Waals surface area contributed by atoms with Crippen LogP contribution in [0.4, 0.5) is 0 Å². The van der Waals surface area contributed by atoms with Crippen LogP contribution in [0.15, 0.2) is 34.1 Å². The number of H-pyrrole nitrogens is 1. The number of thioether (sulfide) groups is 1. The van der Waals surface area contributed by atoms with Gasteiger partial charge in [0.1, 0.15) is 17.6 Å². The van der Waals surface area contributed by atoms with Crippen LogP contribution in [-0.2, 0) is 4.79 Å². The minimum Gasteiger partial charge on any atom is -0.337 e. The van der Waals surface area contributed by atoms with Crippen molar-refractivity contribution >= 4 is 17.7 Å². The third kappa shape index (κ3) is 3.45. The van der Waals surface area contributed by atoms with Crippen molar-refractivity contribution in [3.05, 3.63) is 36.1 Å². The van der Waals surface area contributed by atoms with E-state index in [0.717, 1.165) is 18.7 Å². The molecule has 1 amide bonds. The Morgan fingerprint density at radius 1 is 1.42 bits per heavy atom. The highest BCUT2D eigenvalue weighted by molar-refractivity contribution is 7.99. The number of aryl methyl sites for hydroxylation is 1. The van der Waals surface area contributed by atoms with Crippen LogP contribution in [-0.4, -0.2) is 53.4 Å². The molecule has 0 spiro atoms. The molecule has 10 heteroatoms. The summed E-state index contributed by atoms with van der Waals surface area (Å²) in [4.78, 5) is 27.3. The largest absolute Gasteiger partial charge is 0.337 e. The number of rotatable bonds is 5. The van der Waals surface area contributed by atoms with Crippen molar-refractivity contribution in [3.63, 3.8) is 0 Å². The minimum atomic E-state index is -0.193. The molecule has 0 unspecified atom stereocenters. The standard InChI is InChI=1S/C16H17N7O2S/c1-10-18-16(21-20-10)26-9-13(24)23-8-4-6-12(23)15-19-14(22-25-15)11-5-2-3-7-17-11/h2-3,5,7,12H,4,6,8-9H2,1H3,(H,18,20,21)/t12-/m1/s1. The lowest BCUT2D eigenvalue weighted by molar-refractivity contribution is -0.129. The Morgan fingerprint density at radius 3 is 3.12 bits per heavy atom. The highest BCUT2D eigenvalue weighted by atomic mass is 32.2. The molecule has 0 radical (unpaired) electrons. The Bertz CT molecular complexity index is 895. The fourth-order valence-corrected chi connectivity index (χ4v) is 3.62. The number of aromatic amines is 1. The summed E-state index contributed by atoms with van der Waals surface area (Å²) in [5, 5.41) is 11.4. The first-order valence-electron chi connectivity index (χ1n) is 8.27. The van der Waals surface area contributed by atoms with Crippen LogP contribution < -0.4 is 0 Å². The number of amides is 1. The Morgan fingerprint density at radius 2 is 2.35 bits per heavy atom. The SMILES string of the molecule is Cc1nc(SCC(=O)N2CCC[C@@H]2c2nc(-c3ccccn3)no2)n[nH]1. The predicted molar refractivity (Wildman–Crippen MR) is 93.1 cm³/mol. The quantitative estimate of drug-likeness (QED) is 0.678. The normalized spacial score (nSPS) is 17.0. The van der Waals surface area contributed by atoms with Gasteiger partial charge in [-0.2, -0.15) is 4.98 Å². The molecule has 1 saturated heterocycles. The number of nitrogens with zero attached hydrogens (tertiary/aromatic N) is 6. The fourth-order valence-electron chi connectivity index (χ4n) is 2.89. The van der Waals surface area contributed by atoms with E-state index in [9.17, 15) is 4.79 Å². The fraction of sp³-hybridized carbons (Fsp3) is 0.375. The molecule has 3 aromatic rings. The minimum absolute atomic E-state index is 0.0116. The molecule has 1 aliphatic heterocycles. The summed E-state index contributed by atoms with van der Waals surface area (Å²) in [5.41, 5.74) is 0.647. The maximum atomic E-state index is 12.6. The van der Waals surface area contributed by atoms with Gasteiger partial charge >= 0.3 is 0 Å². The second kappa shape index (κ2) is 7.24. The zero-order valence-electron chi connectivity index (χ0n) is 14.1. The molecule has 4 rings (SSSR count). The van der Waals surface area contributed by atoms with Crippen molar-refractivity contribution in [2.75, 3.05) is 12.3 Å². The lowest BCUT2D eigenvalue weighted by Crippen LogP contribution is -2.32. The van der Waals surface area contributed by atoms with Crippen molar-refractivity contribution in [1.29, 1.82) is 0 Å². The maximum Gasteiger partial charge on any atom is 0.249 e. The summed E-state index contributed by atoms with van der Waals surface area (Å²) < 4.78 is 5.42. The molecule has 134 valence electrons. The molecule has 0 aliphatic carbocycles. The molecule has 0 saturated carbocycles. The van der Waals surface area contributed by atoms with Crippen LogP contribution in [0.25, 0.3) is 11.5 Å². The van der Waals surface area contributed by atoms with Crippen LogP contribution in [0.3, 0.4) is 0 Å². The number of nitrogens with one attached hydrogen (secondary N) is 1. The van der Waals surface area contributed by atoms with Crippen molar-refractivity contribution in [2.45, 2.75) is 31.0 Å². The van der Waals surface area contributed by atoms with Gasteiger partial charge in [0.15, 0.2) is 0 Å². The summed E-state index contributed by atoms with van der Waals surface area (Å²) in [5.74, 6) is 1.90. The monoisotopic (exact) mass is 371 g/mol. The van der Waals surface area contributed by atoms with Gasteiger partial charge in [-0.3, -0.25) is 14.9 Å². The molecule has 9 nitrogen and oxygen atoms in total. The van der Waals surface area contributed by atoms with Gasteiger partial charge in [0.2, 0.25) is 22.8 Å². The topological polar surface area (TPSA) is 114 Å². The Hall–Kier alpha value is -2.75. The van der Waals surface area contributed by atoms with E-state index in [2.05, 4.69) is 30.3 Å². The van der Waals surface area contributed by atoms with Gasteiger partial charge in [0.25, 0.3) is 0 Å². The third-order valence-electron chi connectivity index (χ3n) is 4.10. The average Bonchev–Trinajstić information content (AvgIpc) is 3.40. The highest BCUT2D eigenvalue weighted by Gasteiger charge is 2.34. The molecule has 1 N–H and O–H groups in total. The van der Waals surface area contributed by atoms with Gasteiger partial charge in [0.05, 0.1) is 5.75 Å². The number of hydrogen-bond donors (Lipinski definition) is 1. The highest BCUT2D eigenvalue weighted by Crippen LogP contribution is 2.32. The summed E-state index contributed by atoms with van der Waals surface area (Å²) in [6, 6.07) is 5.32. The van der Waals surface area contributed by atoms with Crippen LogP contribution in [0.1, 0.15) is 30.6 Å². The van der Waals surface area contributed by atoms with E-state index in [1.807, 2.05) is 25.1 Å². The van der Waals surface area contributed by atoms with Gasteiger partial charge in [0, 0.05) is 12.7 Å². The van der Waals surface area contributed by atoms with Crippen LogP contribution >= 0.6 is 11.8 Å². The lowest BCUT2D eigenvalue weighted by Gasteiger charge is -2.21. The number of hydrogen-bond acceptors (Lipinski definition) is 8. The molecule has 3 aromatic heterocycles. The first-order chi connectivity index (χ1) is 12.7. The molecule has 26 heavy (non-hydrogen) atoms. The number of carbonyl (C=O) groups is 1. The van der Waals surface area contributed by atoms with Crippen molar-refractivity contribution in [3.8, 4) is 11.5 Å². The molecule has 1 fully saturated rings. The molecule has 0 bridgehead atoms. The number of aromatic nitrogens is 6. The van der Waals surface area contributed by atoms with Gasteiger partial charge in [-0.25, -0.2) is 4.98 Å². The van der Waals surface area contributed by atoms with Crippen molar-refractivity contribution < 1.29 is 9.32 Å². The van der Waals surface area contributed by atoms with Gasteiger partial charge in [-0.15, -0.1) is 5.10 Å². The van der Waals surface area contributed by atoms with Gasteiger partial charge in [-0.05, 0) is 31.9 Å². The molecular formula is C16H17N7O2S. The second-order valence-electron chi connectivity index (χ2n) is 5.91. The second-order valence-corrected chi connectivity index (χ2v) is 6.85. The summed E-state index contributed by atoms with van der Waals surface area (Å²) in [7, 11) is 0. The predicted octanol–water partition coefficient (Wildman–Crippen LogP) is 2.01. The first-order valence-corrected chi connectivity index (χ1v) is 9.25. The average molecular weight is 371 g/mol. The van der Waals surface area contributed by atoms with Crippen molar-refractivity contribution in [1.82, 2.24) is 35.2 Å². The molecule has 1 atom stereocenters. The van der Waals surface area contributed by atoms with Crippen LogP contribution in [0.2, 0.25) is 0 Å². The van der Waals surface area contributed by atoms with E-state index >= 15 is 0 Å². The van der Waals surface area contributed by atoms with Crippen LogP contribution in [0.5, 0.6) is 0 Å². The van der Waals surface area contributed by atoms with Crippen molar-refractivity contribution in [2.24, 2.45) is 0 Å². The Kier molecular flexibility index (Phi) is 4.65. The lowest BCUT2D eigenvalue weighted by atomic mass is 10.2. The van der Waals surface area contributed by atoms with Gasteiger partial charge in [-0.1, -0.05) is 23.0 Å². The van der Waals surface area contributed by atoms with E-state index in [4.69, 9.17) is 4.52 Å². The molecular weight excluding hydrogens is 354 g/mol. The maximum absolute atomic E-state index is 12.6. The summed E-state index contributed by atoms with van der Waals surface area (Å²) in [6.45, 7) is 2.50. The summed E-state index contributed by atoms with van der Waals surface area (Å²) >= 11 is 1.31. The van der Waals surface area contributed by atoms with E-state index in [1.165, 1.54) is 11.8 Å². The Labute approximate surface area is 153 Å². The zero-order chi connectivity index (χ0) is 17.9. The molecule has 1 aliphatic rings. The van der Waals surface area contributed by atoms with Gasteiger partial charge < -0.3 is 9.42 Å². The van der Waals surface area contributed by atoms with E-state index < -0.39 is 0 Å². The number of likely N-dealkylation sites (tertiary alicyclic amines) is 1. The molecule has 4 heterocycles. The third-order valence-corrected chi connectivity index (χ3v) is 4.93. The van der Waals surface area contributed by atoms with E-state index in [1.54, 1.807) is 11.1 Å². The smallest absolute Gasteiger partial charge is 0.249 e. The van der Waals surface area contributed by atoms with E-state index in [-0.39, 0.29) is 17.7 Å². The number of pyridine rings is 1.